The van der Waals surface area contributed by atoms with Crippen LogP contribution in [0.25, 0.3) is 10.9 Å². The van der Waals surface area contributed by atoms with E-state index in [0.29, 0.717) is 31.7 Å². The second-order valence-corrected chi connectivity index (χ2v) is 8.95. The summed E-state index contributed by atoms with van der Waals surface area (Å²) in [7, 11) is 0. The fraction of sp³-hybridized carbons (Fsp3) is 0.538. The van der Waals surface area contributed by atoms with Crippen LogP contribution in [0.2, 0.25) is 0 Å². The highest BCUT2D eigenvalue weighted by Gasteiger charge is 2.17. The van der Waals surface area contributed by atoms with Crippen molar-refractivity contribution in [2.45, 2.75) is 65.5 Å². The third kappa shape index (κ3) is 7.92. The molecule has 0 aliphatic carbocycles. The second kappa shape index (κ2) is 13.6. The minimum absolute atomic E-state index is 0.0835. The molecule has 2 aromatic heterocycles. The van der Waals surface area contributed by atoms with E-state index in [9.17, 15) is 9.59 Å². The first-order valence-corrected chi connectivity index (χ1v) is 12.7. The molecule has 0 radical (unpaired) electrons. The van der Waals surface area contributed by atoms with E-state index in [4.69, 9.17) is 5.11 Å². The van der Waals surface area contributed by atoms with E-state index in [1.807, 2.05) is 41.1 Å². The van der Waals surface area contributed by atoms with Crippen molar-refractivity contribution in [3.63, 3.8) is 0 Å². The molecule has 3 aromatic rings. The van der Waals surface area contributed by atoms with Crippen LogP contribution < -0.4 is 5.32 Å². The lowest BCUT2D eigenvalue weighted by Crippen LogP contribution is -2.31. The predicted molar refractivity (Wildman–Crippen MR) is 137 cm³/mol. The molecule has 0 saturated heterocycles. The number of aromatic nitrogens is 4. The van der Waals surface area contributed by atoms with Gasteiger partial charge in [-0.2, -0.15) is 0 Å². The number of benzene rings is 1. The third-order valence-electron chi connectivity index (χ3n) is 5.99. The largest absolute Gasteiger partial charge is 0.481 e. The van der Waals surface area contributed by atoms with Crippen molar-refractivity contribution in [2.24, 2.45) is 0 Å². The number of amides is 1. The van der Waals surface area contributed by atoms with Gasteiger partial charge in [0.05, 0.1) is 12.7 Å². The highest BCUT2D eigenvalue weighted by molar-refractivity contribution is 5.98. The minimum Gasteiger partial charge on any atom is -0.481 e. The molecule has 0 fully saturated rings. The molecule has 9 nitrogen and oxygen atoms in total. The Bertz CT molecular complexity index is 1080. The molecule has 3 rings (SSSR count). The van der Waals surface area contributed by atoms with E-state index >= 15 is 0 Å². The van der Waals surface area contributed by atoms with Gasteiger partial charge in [0.1, 0.15) is 11.4 Å². The summed E-state index contributed by atoms with van der Waals surface area (Å²) in [5, 5.41) is 21.3. The van der Waals surface area contributed by atoms with E-state index < -0.39 is 5.97 Å². The van der Waals surface area contributed by atoms with Gasteiger partial charge in [-0.3, -0.25) is 14.3 Å². The Morgan fingerprint density at radius 3 is 2.57 bits per heavy atom. The van der Waals surface area contributed by atoms with E-state index in [-0.39, 0.29) is 12.3 Å². The van der Waals surface area contributed by atoms with Gasteiger partial charge in [0.25, 0.3) is 5.91 Å². The summed E-state index contributed by atoms with van der Waals surface area (Å²) in [5.41, 5.74) is 2.35. The molecule has 190 valence electrons. The predicted octanol–water partition coefficient (Wildman–Crippen LogP) is 3.78. The Morgan fingerprint density at radius 2 is 1.83 bits per heavy atom. The number of fused-ring (bicyclic) bond motifs is 1. The molecule has 2 N–H and O–H groups in total. The number of hydrogen-bond donors (Lipinski definition) is 2. The first-order chi connectivity index (χ1) is 17.0. The molecular weight excluding hydrogens is 444 g/mol. The summed E-state index contributed by atoms with van der Waals surface area (Å²) in [5.74, 6) is -0.867. The van der Waals surface area contributed by atoms with Crippen LogP contribution in [-0.2, 0) is 17.9 Å². The molecule has 0 saturated carbocycles. The van der Waals surface area contributed by atoms with Crippen molar-refractivity contribution in [3.8, 4) is 0 Å². The quantitative estimate of drug-likeness (QED) is 0.301. The summed E-state index contributed by atoms with van der Waals surface area (Å²) in [6, 6.07) is 9.89. The average molecular weight is 483 g/mol. The molecule has 0 spiro atoms. The molecule has 0 aliphatic heterocycles. The zero-order valence-electron chi connectivity index (χ0n) is 20.9. The number of nitrogens with one attached hydrogen (secondary N) is 1. The van der Waals surface area contributed by atoms with Crippen molar-refractivity contribution in [3.05, 3.63) is 47.9 Å². The first kappa shape index (κ1) is 26.4. The molecular formula is C26H38N6O3. The van der Waals surface area contributed by atoms with E-state index in [0.717, 1.165) is 61.9 Å². The van der Waals surface area contributed by atoms with Crippen LogP contribution in [0.3, 0.4) is 0 Å². The molecule has 35 heavy (non-hydrogen) atoms. The van der Waals surface area contributed by atoms with Gasteiger partial charge in [-0.1, -0.05) is 37.3 Å². The van der Waals surface area contributed by atoms with Crippen LogP contribution in [0.15, 0.2) is 36.5 Å². The van der Waals surface area contributed by atoms with E-state index in [2.05, 4.69) is 34.4 Å². The van der Waals surface area contributed by atoms with Gasteiger partial charge in [-0.05, 0) is 63.9 Å². The number of carboxylic acids is 1. The lowest BCUT2D eigenvalue weighted by Gasteiger charge is -2.20. The van der Waals surface area contributed by atoms with Crippen LogP contribution in [0.5, 0.6) is 0 Å². The van der Waals surface area contributed by atoms with Gasteiger partial charge in [0.2, 0.25) is 0 Å². The molecule has 0 atom stereocenters. The molecule has 0 aliphatic rings. The highest BCUT2D eigenvalue weighted by Crippen LogP contribution is 2.21. The van der Waals surface area contributed by atoms with Gasteiger partial charge >= 0.3 is 5.97 Å². The summed E-state index contributed by atoms with van der Waals surface area (Å²) in [4.78, 5) is 26.3. The topological polar surface area (TPSA) is 105 Å². The Hall–Kier alpha value is -3.20. The maximum Gasteiger partial charge on any atom is 0.303 e. The molecule has 1 aromatic carbocycles. The number of carbonyl (C=O) groups is 2. The lowest BCUT2D eigenvalue weighted by atomic mass is 10.2. The van der Waals surface area contributed by atoms with Crippen LogP contribution in [0.4, 0.5) is 0 Å². The van der Waals surface area contributed by atoms with Crippen molar-refractivity contribution in [1.82, 2.24) is 29.8 Å². The maximum absolute atomic E-state index is 13.1. The Labute approximate surface area is 207 Å². The van der Waals surface area contributed by atoms with Crippen molar-refractivity contribution < 1.29 is 14.7 Å². The SMILES string of the molecule is CCCN(CCC)CCCNC(=O)c1cc2ccccc2n1Cc1cn(CCCCC(=O)O)nn1. The van der Waals surface area contributed by atoms with Gasteiger partial charge in [-0.15, -0.1) is 5.10 Å². The number of para-hydroxylation sites is 1. The standard InChI is InChI=1S/C26H38N6O3/c1-3-14-30(15-4-2)16-9-13-27-26(35)24-18-21-10-5-6-11-23(21)32(24)20-22-19-31(29-28-22)17-8-7-12-25(33)34/h5-6,10-11,18-19H,3-4,7-9,12-17,20H2,1-2H3,(H,27,35)(H,33,34). The van der Waals surface area contributed by atoms with Gasteiger partial charge < -0.3 is 19.9 Å². The minimum atomic E-state index is -0.784. The number of hydrogen-bond acceptors (Lipinski definition) is 5. The number of carboxylic acid groups (broad SMARTS) is 1. The van der Waals surface area contributed by atoms with Gasteiger partial charge in [-0.25, -0.2) is 0 Å². The van der Waals surface area contributed by atoms with E-state index in [1.54, 1.807) is 4.68 Å². The fourth-order valence-electron chi connectivity index (χ4n) is 4.36. The van der Waals surface area contributed by atoms with Crippen LogP contribution >= 0.6 is 0 Å². The average Bonchev–Trinajstić information content (AvgIpc) is 3.44. The number of rotatable bonds is 16. The molecule has 0 unspecified atom stereocenters. The van der Waals surface area contributed by atoms with E-state index in [1.165, 1.54) is 0 Å². The lowest BCUT2D eigenvalue weighted by molar-refractivity contribution is -0.137. The van der Waals surface area contributed by atoms with Crippen LogP contribution in [0.1, 0.15) is 68.6 Å². The third-order valence-corrected chi connectivity index (χ3v) is 5.99. The second-order valence-electron chi connectivity index (χ2n) is 8.95. The van der Waals surface area contributed by atoms with Crippen molar-refractivity contribution in [2.75, 3.05) is 26.2 Å². The van der Waals surface area contributed by atoms with Crippen LogP contribution in [-0.4, -0.2) is 67.6 Å². The number of nitrogens with zero attached hydrogens (tertiary/aromatic N) is 5. The maximum atomic E-state index is 13.1. The van der Waals surface area contributed by atoms with Crippen LogP contribution in [0, 0.1) is 0 Å². The smallest absolute Gasteiger partial charge is 0.303 e. The molecule has 1 amide bonds. The monoisotopic (exact) mass is 482 g/mol. The number of unbranched alkanes of at least 4 members (excludes halogenated alkanes) is 1. The normalized spacial score (nSPS) is 11.4. The zero-order chi connectivity index (χ0) is 25.0. The zero-order valence-corrected chi connectivity index (χ0v) is 20.9. The fourth-order valence-corrected chi connectivity index (χ4v) is 4.36. The summed E-state index contributed by atoms with van der Waals surface area (Å²) in [6.45, 7) is 9.26. The number of aryl methyl sites for hydroxylation is 1. The van der Waals surface area contributed by atoms with Crippen molar-refractivity contribution >= 4 is 22.8 Å². The molecule has 9 heteroatoms. The summed E-state index contributed by atoms with van der Waals surface area (Å²) < 4.78 is 3.73. The molecule has 2 heterocycles. The number of aliphatic carboxylic acids is 1. The van der Waals surface area contributed by atoms with Crippen molar-refractivity contribution in [1.29, 1.82) is 0 Å². The summed E-state index contributed by atoms with van der Waals surface area (Å²) >= 11 is 0. The Kier molecular flexibility index (Phi) is 10.3. The highest BCUT2D eigenvalue weighted by atomic mass is 16.4. The number of carbonyl (C=O) groups excluding carboxylic acids is 1. The first-order valence-electron chi connectivity index (χ1n) is 12.7. The van der Waals surface area contributed by atoms with Gasteiger partial charge in [0.15, 0.2) is 0 Å². The van der Waals surface area contributed by atoms with Gasteiger partial charge in [0, 0.05) is 30.4 Å². The Balaban J connectivity index is 1.63. The molecule has 0 bridgehead atoms. The Morgan fingerprint density at radius 1 is 1.06 bits per heavy atom. The summed E-state index contributed by atoms with van der Waals surface area (Å²) in [6.07, 6.45) is 6.55.